The molecule has 2 aromatic rings. The summed E-state index contributed by atoms with van der Waals surface area (Å²) >= 11 is 0. The van der Waals surface area contributed by atoms with E-state index in [1.54, 1.807) is 6.07 Å². The third-order valence-electron chi connectivity index (χ3n) is 3.31. The Bertz CT molecular complexity index is 632. The van der Waals surface area contributed by atoms with E-state index in [1.165, 1.54) is 43.3 Å². The molecule has 2 aromatic carbocycles. The van der Waals surface area contributed by atoms with Gasteiger partial charge in [-0.3, -0.25) is 0 Å². The third-order valence-corrected chi connectivity index (χ3v) is 3.31. The van der Waals surface area contributed by atoms with Crippen molar-refractivity contribution in [1.29, 1.82) is 0 Å². The van der Waals surface area contributed by atoms with Crippen LogP contribution in [0.1, 0.15) is 23.6 Å². The lowest BCUT2D eigenvalue weighted by Gasteiger charge is -2.28. The van der Waals surface area contributed by atoms with E-state index in [0.717, 1.165) is 6.07 Å². The molecule has 0 saturated carbocycles. The van der Waals surface area contributed by atoms with Gasteiger partial charge in [0.05, 0.1) is 5.56 Å². The Balaban J connectivity index is 2.40. The molecule has 0 saturated heterocycles. The molecule has 0 amide bonds. The Kier molecular flexibility index (Phi) is 4.05. The van der Waals surface area contributed by atoms with Gasteiger partial charge in [-0.15, -0.1) is 0 Å². The van der Waals surface area contributed by atoms with Crippen LogP contribution >= 0.6 is 0 Å². The van der Waals surface area contributed by atoms with Gasteiger partial charge in [0, 0.05) is 5.54 Å². The molecule has 0 spiro atoms. The number of rotatable bonds is 3. The van der Waals surface area contributed by atoms with E-state index in [-0.39, 0.29) is 12.0 Å². The first kappa shape index (κ1) is 15.5. The molecule has 2 rings (SSSR count). The molecule has 1 unspecified atom stereocenters. The Morgan fingerprint density at radius 3 is 2.14 bits per heavy atom. The fraction of sp³-hybridized carbons (Fsp3) is 0.250. The first-order chi connectivity index (χ1) is 9.70. The maximum absolute atomic E-state index is 13.2. The van der Waals surface area contributed by atoms with Crippen molar-refractivity contribution in [3.05, 3.63) is 71.0 Å². The van der Waals surface area contributed by atoms with Gasteiger partial charge in [-0.2, -0.15) is 13.2 Å². The van der Waals surface area contributed by atoms with Gasteiger partial charge in [0.2, 0.25) is 0 Å². The molecule has 0 aliphatic heterocycles. The number of benzene rings is 2. The summed E-state index contributed by atoms with van der Waals surface area (Å²) in [5.41, 5.74) is 4.64. The van der Waals surface area contributed by atoms with Crippen molar-refractivity contribution in [2.75, 3.05) is 0 Å². The first-order valence-corrected chi connectivity index (χ1v) is 6.40. The summed E-state index contributed by atoms with van der Waals surface area (Å²) in [7, 11) is 0. The normalized spacial score (nSPS) is 14.8. The van der Waals surface area contributed by atoms with Crippen molar-refractivity contribution in [1.82, 2.24) is 0 Å². The number of hydrogen-bond acceptors (Lipinski definition) is 1. The SMILES string of the molecule is CC(N)(Cc1cccc(F)c1)c1ccccc1C(F)(F)F. The molecule has 112 valence electrons. The van der Waals surface area contributed by atoms with Crippen LogP contribution in [-0.4, -0.2) is 0 Å². The van der Waals surface area contributed by atoms with Crippen LogP contribution in [0.4, 0.5) is 17.6 Å². The smallest absolute Gasteiger partial charge is 0.321 e. The Morgan fingerprint density at radius 2 is 1.57 bits per heavy atom. The van der Waals surface area contributed by atoms with E-state index in [9.17, 15) is 17.6 Å². The minimum absolute atomic E-state index is 0.00163. The molecule has 0 aliphatic carbocycles. The highest BCUT2D eigenvalue weighted by Crippen LogP contribution is 2.36. The third kappa shape index (κ3) is 3.61. The minimum atomic E-state index is -4.47. The summed E-state index contributed by atoms with van der Waals surface area (Å²) in [4.78, 5) is 0. The number of alkyl halides is 3. The lowest BCUT2D eigenvalue weighted by atomic mass is 9.83. The van der Waals surface area contributed by atoms with Gasteiger partial charge in [-0.1, -0.05) is 30.3 Å². The summed E-state index contributed by atoms with van der Waals surface area (Å²) < 4.78 is 52.4. The topological polar surface area (TPSA) is 26.0 Å². The van der Waals surface area contributed by atoms with Gasteiger partial charge in [-0.05, 0) is 42.7 Å². The molecule has 2 N–H and O–H groups in total. The first-order valence-electron chi connectivity index (χ1n) is 6.40. The Hall–Kier alpha value is -1.88. The maximum atomic E-state index is 13.2. The Morgan fingerprint density at radius 1 is 0.952 bits per heavy atom. The van der Waals surface area contributed by atoms with Gasteiger partial charge in [0.1, 0.15) is 5.82 Å². The van der Waals surface area contributed by atoms with Gasteiger partial charge in [0.15, 0.2) is 0 Å². The highest BCUT2D eigenvalue weighted by molar-refractivity contribution is 5.36. The van der Waals surface area contributed by atoms with Crippen LogP contribution in [-0.2, 0) is 18.1 Å². The Labute approximate surface area is 120 Å². The summed E-state index contributed by atoms with van der Waals surface area (Å²) in [6.07, 6.45) is -4.36. The van der Waals surface area contributed by atoms with Crippen molar-refractivity contribution in [2.24, 2.45) is 5.73 Å². The molecule has 0 aliphatic rings. The predicted molar refractivity (Wildman–Crippen MR) is 73.1 cm³/mol. The molecule has 0 bridgehead atoms. The van der Waals surface area contributed by atoms with E-state index in [2.05, 4.69) is 0 Å². The van der Waals surface area contributed by atoms with Crippen LogP contribution in [0.25, 0.3) is 0 Å². The van der Waals surface area contributed by atoms with Crippen LogP contribution in [0, 0.1) is 5.82 Å². The fourth-order valence-electron chi connectivity index (χ4n) is 2.39. The van der Waals surface area contributed by atoms with Crippen molar-refractivity contribution in [3.63, 3.8) is 0 Å². The van der Waals surface area contributed by atoms with Crippen LogP contribution in [0.2, 0.25) is 0 Å². The summed E-state index contributed by atoms with van der Waals surface area (Å²) in [5, 5.41) is 0. The monoisotopic (exact) mass is 297 g/mol. The average Bonchev–Trinajstić information content (AvgIpc) is 2.37. The van der Waals surface area contributed by atoms with E-state index in [4.69, 9.17) is 5.73 Å². The highest BCUT2D eigenvalue weighted by atomic mass is 19.4. The molecule has 1 nitrogen and oxygen atoms in total. The summed E-state index contributed by atoms with van der Waals surface area (Å²) in [6, 6.07) is 10.9. The average molecular weight is 297 g/mol. The predicted octanol–water partition coefficient (Wildman–Crippen LogP) is 4.26. The molecule has 0 heterocycles. The second kappa shape index (κ2) is 5.48. The molecule has 0 aromatic heterocycles. The van der Waals surface area contributed by atoms with Crippen molar-refractivity contribution in [3.8, 4) is 0 Å². The molecular weight excluding hydrogens is 282 g/mol. The lowest BCUT2D eigenvalue weighted by molar-refractivity contribution is -0.138. The van der Waals surface area contributed by atoms with Crippen molar-refractivity contribution >= 4 is 0 Å². The zero-order valence-electron chi connectivity index (χ0n) is 11.4. The summed E-state index contributed by atoms with van der Waals surface area (Å²) in [6.45, 7) is 1.52. The van der Waals surface area contributed by atoms with Crippen LogP contribution < -0.4 is 5.73 Å². The van der Waals surface area contributed by atoms with E-state index >= 15 is 0 Å². The van der Waals surface area contributed by atoms with E-state index in [1.807, 2.05) is 0 Å². The van der Waals surface area contributed by atoms with Crippen LogP contribution in [0.15, 0.2) is 48.5 Å². The maximum Gasteiger partial charge on any atom is 0.416 e. The standard InChI is InChI=1S/C16H15F4N/c1-15(21,10-11-5-4-6-12(17)9-11)13-7-2-3-8-14(13)16(18,19)20/h2-9H,10,21H2,1H3. The van der Waals surface area contributed by atoms with Gasteiger partial charge in [0.25, 0.3) is 0 Å². The summed E-state index contributed by atoms with van der Waals surface area (Å²) in [5.74, 6) is -0.438. The van der Waals surface area contributed by atoms with Gasteiger partial charge in [-0.25, -0.2) is 4.39 Å². The number of halogens is 4. The fourth-order valence-corrected chi connectivity index (χ4v) is 2.39. The van der Waals surface area contributed by atoms with Gasteiger partial charge >= 0.3 is 6.18 Å². The molecular formula is C16H15F4N. The quantitative estimate of drug-likeness (QED) is 0.842. The number of hydrogen-bond donors (Lipinski definition) is 1. The zero-order chi connectivity index (χ0) is 15.7. The van der Waals surface area contributed by atoms with Crippen LogP contribution in [0.3, 0.4) is 0 Å². The second-order valence-corrected chi connectivity index (χ2v) is 5.27. The molecule has 5 heteroatoms. The largest absolute Gasteiger partial charge is 0.416 e. The van der Waals surface area contributed by atoms with Crippen molar-refractivity contribution in [2.45, 2.75) is 25.1 Å². The second-order valence-electron chi connectivity index (χ2n) is 5.27. The minimum Gasteiger partial charge on any atom is -0.321 e. The van der Waals surface area contributed by atoms with E-state index in [0.29, 0.717) is 5.56 Å². The zero-order valence-corrected chi connectivity index (χ0v) is 11.4. The molecule has 1 atom stereocenters. The molecule has 21 heavy (non-hydrogen) atoms. The van der Waals surface area contributed by atoms with E-state index < -0.39 is 23.1 Å². The molecule has 0 radical (unpaired) electrons. The lowest BCUT2D eigenvalue weighted by Crippen LogP contribution is -2.37. The highest BCUT2D eigenvalue weighted by Gasteiger charge is 2.37. The number of nitrogens with two attached hydrogens (primary N) is 1. The van der Waals surface area contributed by atoms with Crippen LogP contribution in [0.5, 0.6) is 0 Å². The molecule has 0 fully saturated rings. The van der Waals surface area contributed by atoms with Crippen molar-refractivity contribution < 1.29 is 17.6 Å². The van der Waals surface area contributed by atoms with Gasteiger partial charge < -0.3 is 5.73 Å².